The van der Waals surface area contributed by atoms with E-state index in [1.165, 1.54) is 0 Å². The molecule has 98 valence electrons. The highest BCUT2D eigenvalue weighted by Crippen LogP contribution is 2.23. The molecule has 0 heterocycles. The summed E-state index contributed by atoms with van der Waals surface area (Å²) in [4.78, 5) is 14.5. The molecule has 0 aliphatic rings. The maximum Gasteiger partial charge on any atom is 0.255 e. The van der Waals surface area contributed by atoms with E-state index in [-0.39, 0.29) is 11.9 Å². The van der Waals surface area contributed by atoms with Gasteiger partial charge in [-0.1, -0.05) is 24.4 Å². The van der Waals surface area contributed by atoms with E-state index in [4.69, 9.17) is 18.0 Å². The van der Waals surface area contributed by atoms with Crippen molar-refractivity contribution < 1.29 is 4.79 Å². The van der Waals surface area contributed by atoms with Crippen molar-refractivity contribution in [3.05, 3.63) is 33.8 Å². The zero-order chi connectivity index (χ0) is 13.9. The molecule has 0 aromatic heterocycles. The number of hydrogen-bond acceptors (Lipinski definition) is 2. The number of carbonyl (C=O) groups is 1. The summed E-state index contributed by atoms with van der Waals surface area (Å²) >= 11 is 8.34. The number of carbonyl (C=O) groups excluding carboxylic acids is 1. The van der Waals surface area contributed by atoms with E-state index >= 15 is 0 Å². The number of benzene rings is 1. The molecule has 1 rings (SSSR count). The first kappa shape index (κ1) is 15.1. The molecule has 1 amide bonds. The highest BCUT2D eigenvalue weighted by atomic mass is 79.9. The normalized spacial score (nSPS) is 10.5. The van der Waals surface area contributed by atoms with Gasteiger partial charge in [0.2, 0.25) is 0 Å². The highest BCUT2D eigenvalue weighted by Gasteiger charge is 2.21. The Morgan fingerprint density at radius 1 is 1.50 bits per heavy atom. The lowest BCUT2D eigenvalue weighted by Gasteiger charge is -2.26. The fraction of sp³-hybridized carbons (Fsp3) is 0.385. The fourth-order valence-electron chi connectivity index (χ4n) is 1.62. The maximum atomic E-state index is 12.5. The minimum atomic E-state index is -0.0617. The summed E-state index contributed by atoms with van der Waals surface area (Å²) in [6.45, 7) is 6.14. The van der Waals surface area contributed by atoms with E-state index < -0.39 is 0 Å². The molecule has 0 saturated carbocycles. The van der Waals surface area contributed by atoms with Crippen LogP contribution in [0.3, 0.4) is 0 Å². The number of aryl methyl sites for hydroxylation is 1. The molecule has 0 radical (unpaired) electrons. The number of rotatable bonds is 4. The monoisotopic (exact) mass is 328 g/mol. The van der Waals surface area contributed by atoms with E-state index in [0.29, 0.717) is 17.1 Å². The molecule has 1 aromatic carbocycles. The Balaban J connectivity index is 3.10. The van der Waals surface area contributed by atoms with Crippen molar-refractivity contribution in [2.45, 2.75) is 26.8 Å². The van der Waals surface area contributed by atoms with Gasteiger partial charge in [0.05, 0.1) is 17.1 Å². The van der Waals surface area contributed by atoms with Crippen LogP contribution in [0.4, 0.5) is 0 Å². The summed E-state index contributed by atoms with van der Waals surface area (Å²) in [7, 11) is 0. The van der Waals surface area contributed by atoms with Crippen molar-refractivity contribution in [3.8, 4) is 0 Å². The van der Waals surface area contributed by atoms with E-state index in [9.17, 15) is 4.79 Å². The lowest BCUT2D eigenvalue weighted by atomic mass is 10.1. The van der Waals surface area contributed by atoms with Crippen molar-refractivity contribution in [2.75, 3.05) is 6.54 Å². The number of nitrogens with two attached hydrogens (primary N) is 1. The van der Waals surface area contributed by atoms with Crippen LogP contribution in [-0.4, -0.2) is 28.4 Å². The SMILES string of the molecule is Cc1cccc(C(=O)N(CC(N)=S)C(C)C)c1Br. The molecule has 0 fully saturated rings. The second-order valence-corrected chi connectivity index (χ2v) is 5.75. The molecule has 1 aromatic rings. The molecule has 5 heteroatoms. The first-order valence-electron chi connectivity index (χ1n) is 5.69. The molecule has 0 bridgehead atoms. The lowest BCUT2D eigenvalue weighted by molar-refractivity contribution is 0.0735. The number of amides is 1. The average Bonchev–Trinajstić information content (AvgIpc) is 2.28. The largest absolute Gasteiger partial charge is 0.392 e. The van der Waals surface area contributed by atoms with Gasteiger partial charge in [0.25, 0.3) is 5.91 Å². The number of nitrogens with zero attached hydrogens (tertiary/aromatic N) is 1. The highest BCUT2D eigenvalue weighted by molar-refractivity contribution is 9.10. The standard InChI is InChI=1S/C13H17BrN2OS/c1-8(2)16(7-11(15)18)13(17)10-6-4-5-9(3)12(10)14/h4-6,8H,7H2,1-3H3,(H2,15,18). The van der Waals surface area contributed by atoms with Gasteiger partial charge in [-0.3, -0.25) is 4.79 Å². The number of thiocarbonyl (C=S) groups is 1. The average molecular weight is 329 g/mol. The van der Waals surface area contributed by atoms with Crippen LogP contribution < -0.4 is 5.73 Å². The fourth-order valence-corrected chi connectivity index (χ4v) is 2.20. The van der Waals surface area contributed by atoms with Crippen LogP contribution in [0.25, 0.3) is 0 Å². The Hall–Kier alpha value is -0.940. The summed E-state index contributed by atoms with van der Waals surface area (Å²) in [6, 6.07) is 5.67. The molecule has 0 aliphatic carbocycles. The molecule has 0 saturated heterocycles. The number of halogens is 1. The predicted molar refractivity (Wildman–Crippen MR) is 81.8 cm³/mol. The Kier molecular flexibility index (Phi) is 5.28. The van der Waals surface area contributed by atoms with Gasteiger partial charge in [-0.15, -0.1) is 0 Å². The Bertz CT molecular complexity index is 474. The lowest BCUT2D eigenvalue weighted by Crippen LogP contribution is -2.42. The van der Waals surface area contributed by atoms with Crippen LogP contribution >= 0.6 is 28.1 Å². The zero-order valence-electron chi connectivity index (χ0n) is 10.7. The van der Waals surface area contributed by atoms with Crippen LogP contribution in [0.15, 0.2) is 22.7 Å². The van der Waals surface area contributed by atoms with Crippen LogP contribution in [0.2, 0.25) is 0 Å². The predicted octanol–water partition coefficient (Wildman–Crippen LogP) is 2.89. The molecule has 2 N–H and O–H groups in total. The van der Waals surface area contributed by atoms with E-state index in [2.05, 4.69) is 15.9 Å². The third kappa shape index (κ3) is 3.53. The van der Waals surface area contributed by atoms with Gasteiger partial charge in [-0.05, 0) is 48.3 Å². The van der Waals surface area contributed by atoms with Gasteiger partial charge in [0.15, 0.2) is 0 Å². The van der Waals surface area contributed by atoms with Crippen molar-refractivity contribution in [1.29, 1.82) is 0 Å². The molecule has 0 spiro atoms. The summed E-state index contributed by atoms with van der Waals surface area (Å²) in [5, 5.41) is 0. The molecular formula is C13H17BrN2OS. The van der Waals surface area contributed by atoms with E-state index in [0.717, 1.165) is 10.0 Å². The second-order valence-electron chi connectivity index (χ2n) is 4.43. The molecule has 0 atom stereocenters. The molecule has 0 unspecified atom stereocenters. The maximum absolute atomic E-state index is 12.5. The summed E-state index contributed by atoms with van der Waals surface area (Å²) in [6.07, 6.45) is 0. The first-order valence-corrected chi connectivity index (χ1v) is 6.89. The summed E-state index contributed by atoms with van der Waals surface area (Å²) < 4.78 is 0.823. The first-order chi connectivity index (χ1) is 8.34. The minimum Gasteiger partial charge on any atom is -0.392 e. The van der Waals surface area contributed by atoms with Gasteiger partial charge in [-0.2, -0.15) is 0 Å². The molecular weight excluding hydrogens is 312 g/mol. The van der Waals surface area contributed by atoms with Crippen LogP contribution in [0.1, 0.15) is 29.8 Å². The van der Waals surface area contributed by atoms with E-state index in [1.807, 2.05) is 32.9 Å². The van der Waals surface area contributed by atoms with Gasteiger partial charge >= 0.3 is 0 Å². The van der Waals surface area contributed by atoms with Crippen LogP contribution in [0.5, 0.6) is 0 Å². The summed E-state index contributed by atoms with van der Waals surface area (Å²) in [5.74, 6) is -0.0617. The zero-order valence-corrected chi connectivity index (χ0v) is 13.1. The van der Waals surface area contributed by atoms with Crippen molar-refractivity contribution in [1.82, 2.24) is 4.90 Å². The molecule has 0 aliphatic heterocycles. The van der Waals surface area contributed by atoms with Crippen molar-refractivity contribution in [3.63, 3.8) is 0 Å². The topological polar surface area (TPSA) is 46.3 Å². The van der Waals surface area contributed by atoms with Gasteiger partial charge in [0, 0.05) is 10.5 Å². The Morgan fingerprint density at radius 3 is 2.61 bits per heavy atom. The molecule has 3 nitrogen and oxygen atoms in total. The van der Waals surface area contributed by atoms with Crippen molar-refractivity contribution >= 4 is 39.0 Å². The number of hydrogen-bond donors (Lipinski definition) is 1. The van der Waals surface area contributed by atoms with Gasteiger partial charge < -0.3 is 10.6 Å². The quantitative estimate of drug-likeness (QED) is 0.864. The second kappa shape index (κ2) is 6.29. The van der Waals surface area contributed by atoms with Crippen molar-refractivity contribution in [2.24, 2.45) is 5.73 Å². The third-order valence-electron chi connectivity index (χ3n) is 2.63. The molecule has 18 heavy (non-hydrogen) atoms. The van der Waals surface area contributed by atoms with Crippen LogP contribution in [0, 0.1) is 6.92 Å². The third-order valence-corrected chi connectivity index (χ3v) is 3.81. The Morgan fingerprint density at radius 2 is 2.11 bits per heavy atom. The summed E-state index contributed by atoms with van der Waals surface area (Å²) in [5.41, 5.74) is 7.21. The van der Waals surface area contributed by atoms with Gasteiger partial charge in [-0.25, -0.2) is 0 Å². The van der Waals surface area contributed by atoms with E-state index in [1.54, 1.807) is 11.0 Å². The van der Waals surface area contributed by atoms with Gasteiger partial charge in [0.1, 0.15) is 0 Å². The smallest absolute Gasteiger partial charge is 0.255 e. The minimum absolute atomic E-state index is 0.0476. The Labute approximate surface area is 121 Å². The van der Waals surface area contributed by atoms with Crippen LogP contribution in [-0.2, 0) is 0 Å².